The Balaban J connectivity index is 1.62. The number of halogens is 1. The van der Waals surface area contributed by atoms with Gasteiger partial charge in [0, 0.05) is 19.1 Å². The number of nitrogens with zero attached hydrogens (tertiary/aromatic N) is 1. The summed E-state index contributed by atoms with van der Waals surface area (Å²) >= 11 is 0. The van der Waals surface area contributed by atoms with E-state index in [1.165, 1.54) is 6.07 Å². The molecule has 0 aromatic heterocycles. The molecule has 2 aliphatic rings. The predicted molar refractivity (Wildman–Crippen MR) is 83.0 cm³/mol. The number of carbonyl (C=O) groups is 1. The summed E-state index contributed by atoms with van der Waals surface area (Å²) in [5.74, 6) is -0.266. The zero-order valence-electron chi connectivity index (χ0n) is 12.6. The molecule has 118 valence electrons. The molecule has 4 nitrogen and oxygen atoms in total. The number of rotatable bonds is 3. The number of para-hydroxylation sites is 1. The van der Waals surface area contributed by atoms with Crippen LogP contribution in [-0.4, -0.2) is 31.6 Å². The molecule has 2 aliphatic heterocycles. The van der Waals surface area contributed by atoms with Gasteiger partial charge >= 0.3 is 0 Å². The maximum atomic E-state index is 13.9. The Kier molecular flexibility index (Phi) is 4.61. The molecule has 1 aromatic carbocycles. The molecule has 0 unspecified atom stereocenters. The van der Waals surface area contributed by atoms with Crippen LogP contribution < -0.4 is 10.2 Å². The largest absolute Gasteiger partial charge is 0.501 e. The molecule has 0 bridgehead atoms. The second-order valence-corrected chi connectivity index (χ2v) is 5.83. The van der Waals surface area contributed by atoms with Crippen LogP contribution in [0.1, 0.15) is 25.7 Å². The minimum atomic E-state index is -0.210. The molecule has 22 heavy (non-hydrogen) atoms. The molecule has 0 spiro atoms. The van der Waals surface area contributed by atoms with Crippen LogP contribution in [0.2, 0.25) is 0 Å². The van der Waals surface area contributed by atoms with Crippen LogP contribution in [0.5, 0.6) is 0 Å². The number of amides is 1. The smallest absolute Gasteiger partial charge is 0.250 e. The quantitative estimate of drug-likeness (QED) is 0.933. The van der Waals surface area contributed by atoms with E-state index in [2.05, 4.69) is 5.32 Å². The number of hydrogen-bond donors (Lipinski definition) is 1. The van der Waals surface area contributed by atoms with E-state index in [0.717, 1.165) is 32.2 Å². The van der Waals surface area contributed by atoms with Crippen molar-refractivity contribution in [2.24, 2.45) is 0 Å². The van der Waals surface area contributed by atoms with Crippen LogP contribution in [0.4, 0.5) is 10.1 Å². The van der Waals surface area contributed by atoms with Crippen molar-refractivity contribution in [1.29, 1.82) is 0 Å². The summed E-state index contributed by atoms with van der Waals surface area (Å²) in [6.45, 7) is 2.14. The zero-order valence-corrected chi connectivity index (χ0v) is 12.6. The molecular weight excluding hydrogens is 283 g/mol. The minimum absolute atomic E-state index is 0.0451. The number of benzene rings is 1. The molecule has 0 saturated carbocycles. The van der Waals surface area contributed by atoms with Crippen LogP contribution in [0.15, 0.2) is 36.1 Å². The van der Waals surface area contributed by atoms with Gasteiger partial charge in [-0.3, -0.25) is 4.79 Å². The third-order valence-corrected chi connectivity index (χ3v) is 4.18. The Bertz CT molecular complexity index is 574. The average Bonchev–Trinajstić information content (AvgIpc) is 2.56. The molecule has 1 fully saturated rings. The third kappa shape index (κ3) is 3.40. The Morgan fingerprint density at radius 3 is 2.95 bits per heavy atom. The van der Waals surface area contributed by atoms with Gasteiger partial charge < -0.3 is 15.0 Å². The highest BCUT2D eigenvalue weighted by molar-refractivity contribution is 5.93. The second-order valence-electron chi connectivity index (χ2n) is 5.83. The molecule has 3 rings (SSSR count). The van der Waals surface area contributed by atoms with E-state index in [0.29, 0.717) is 24.4 Å². The summed E-state index contributed by atoms with van der Waals surface area (Å²) < 4.78 is 19.1. The second kappa shape index (κ2) is 6.81. The van der Waals surface area contributed by atoms with E-state index in [1.807, 2.05) is 11.0 Å². The first kappa shape index (κ1) is 14.9. The summed E-state index contributed by atoms with van der Waals surface area (Å²) in [5, 5.41) is 3.06. The highest BCUT2D eigenvalue weighted by Gasteiger charge is 2.24. The molecule has 1 amide bonds. The van der Waals surface area contributed by atoms with Gasteiger partial charge in [0.15, 0.2) is 0 Å². The standard InChI is InChI=1S/C17H21FN2O2/c18-15-7-1-2-8-16(15)20-9-3-6-14(11-20)19-17(21)13-5-4-10-22-12-13/h1-2,7-8,12,14H,3-6,9-11H2,(H,19,21)/t14-/m0/s1. The number of ether oxygens (including phenoxy) is 1. The normalized spacial score (nSPS) is 21.8. The highest BCUT2D eigenvalue weighted by Crippen LogP contribution is 2.23. The van der Waals surface area contributed by atoms with Crippen molar-refractivity contribution in [3.63, 3.8) is 0 Å². The van der Waals surface area contributed by atoms with Crippen LogP contribution >= 0.6 is 0 Å². The fraction of sp³-hybridized carbons (Fsp3) is 0.471. The molecule has 0 radical (unpaired) electrons. The van der Waals surface area contributed by atoms with Crippen LogP contribution in [0, 0.1) is 5.82 Å². The van der Waals surface area contributed by atoms with Gasteiger partial charge in [-0.05, 0) is 37.8 Å². The van der Waals surface area contributed by atoms with Gasteiger partial charge in [-0.2, -0.15) is 0 Å². The topological polar surface area (TPSA) is 41.6 Å². The molecule has 0 aliphatic carbocycles. The maximum absolute atomic E-state index is 13.9. The van der Waals surface area contributed by atoms with Crippen molar-refractivity contribution in [1.82, 2.24) is 5.32 Å². The van der Waals surface area contributed by atoms with Crippen molar-refractivity contribution >= 4 is 11.6 Å². The number of piperidine rings is 1. The zero-order chi connectivity index (χ0) is 15.4. The van der Waals surface area contributed by atoms with Crippen LogP contribution in [0.25, 0.3) is 0 Å². The van der Waals surface area contributed by atoms with E-state index in [9.17, 15) is 9.18 Å². The van der Waals surface area contributed by atoms with Gasteiger partial charge in [0.05, 0.1) is 24.1 Å². The van der Waals surface area contributed by atoms with Gasteiger partial charge in [-0.15, -0.1) is 0 Å². The Hall–Kier alpha value is -2.04. The number of anilines is 1. The van der Waals surface area contributed by atoms with Gasteiger partial charge in [0.1, 0.15) is 5.82 Å². The summed E-state index contributed by atoms with van der Waals surface area (Å²) in [5.41, 5.74) is 1.32. The maximum Gasteiger partial charge on any atom is 0.250 e. The number of nitrogens with one attached hydrogen (secondary N) is 1. The van der Waals surface area contributed by atoms with Crippen molar-refractivity contribution in [2.75, 3.05) is 24.6 Å². The van der Waals surface area contributed by atoms with Crippen LogP contribution in [-0.2, 0) is 9.53 Å². The Morgan fingerprint density at radius 2 is 2.18 bits per heavy atom. The average molecular weight is 304 g/mol. The SMILES string of the molecule is O=C(N[C@H]1CCCN(c2ccccc2F)C1)C1=COCCC1. The summed E-state index contributed by atoms with van der Waals surface area (Å²) in [6.07, 6.45) is 5.07. The lowest BCUT2D eigenvalue weighted by Gasteiger charge is -2.35. The summed E-state index contributed by atoms with van der Waals surface area (Å²) in [4.78, 5) is 14.2. The predicted octanol–water partition coefficient (Wildman–Crippen LogP) is 2.61. The molecule has 1 N–H and O–H groups in total. The summed E-state index contributed by atoms with van der Waals surface area (Å²) in [6, 6.07) is 6.84. The van der Waals surface area contributed by atoms with E-state index < -0.39 is 0 Å². The van der Waals surface area contributed by atoms with Crippen molar-refractivity contribution in [3.05, 3.63) is 41.9 Å². The first-order valence-electron chi connectivity index (χ1n) is 7.85. The van der Waals surface area contributed by atoms with Gasteiger partial charge in [-0.1, -0.05) is 12.1 Å². The van der Waals surface area contributed by atoms with E-state index in [-0.39, 0.29) is 17.8 Å². The summed E-state index contributed by atoms with van der Waals surface area (Å²) in [7, 11) is 0. The van der Waals surface area contributed by atoms with Gasteiger partial charge in [0.25, 0.3) is 5.91 Å². The molecule has 5 heteroatoms. The van der Waals surface area contributed by atoms with Crippen molar-refractivity contribution in [3.8, 4) is 0 Å². The third-order valence-electron chi connectivity index (χ3n) is 4.18. The lowest BCUT2D eigenvalue weighted by Crippen LogP contribution is -2.48. The molecule has 1 atom stereocenters. The first-order chi connectivity index (χ1) is 10.7. The number of hydrogen-bond acceptors (Lipinski definition) is 3. The van der Waals surface area contributed by atoms with Gasteiger partial charge in [0.2, 0.25) is 0 Å². The fourth-order valence-corrected chi connectivity index (χ4v) is 3.03. The van der Waals surface area contributed by atoms with Crippen LogP contribution in [0.3, 0.4) is 0 Å². The number of carbonyl (C=O) groups excluding carboxylic acids is 1. The molecule has 2 heterocycles. The van der Waals surface area contributed by atoms with E-state index >= 15 is 0 Å². The highest BCUT2D eigenvalue weighted by atomic mass is 19.1. The molecule has 1 aromatic rings. The first-order valence-corrected chi connectivity index (χ1v) is 7.85. The molecular formula is C17H21FN2O2. The van der Waals surface area contributed by atoms with Gasteiger partial charge in [-0.25, -0.2) is 4.39 Å². The Morgan fingerprint density at radius 1 is 1.32 bits per heavy atom. The van der Waals surface area contributed by atoms with E-state index in [4.69, 9.17) is 4.74 Å². The van der Waals surface area contributed by atoms with Crippen molar-refractivity contribution in [2.45, 2.75) is 31.7 Å². The monoisotopic (exact) mass is 304 g/mol. The lowest BCUT2D eigenvalue weighted by atomic mass is 10.0. The minimum Gasteiger partial charge on any atom is -0.501 e. The fourth-order valence-electron chi connectivity index (χ4n) is 3.03. The van der Waals surface area contributed by atoms with E-state index in [1.54, 1.807) is 18.4 Å². The van der Waals surface area contributed by atoms with Crippen molar-refractivity contribution < 1.29 is 13.9 Å². The lowest BCUT2D eigenvalue weighted by molar-refractivity contribution is -0.118. The molecule has 1 saturated heterocycles. The Labute approximate surface area is 129 Å².